The Morgan fingerprint density at radius 1 is 1.32 bits per heavy atom. The number of halogens is 3. The predicted octanol–water partition coefficient (Wildman–Crippen LogP) is 2.07. The highest BCUT2D eigenvalue weighted by Gasteiger charge is 2.27. The van der Waals surface area contributed by atoms with Gasteiger partial charge >= 0.3 is 6.18 Å². The SMILES string of the molecule is COc1cccc(CNCCOCC(F)(F)F)c1O. The average Bonchev–Trinajstić information content (AvgIpc) is 2.34. The van der Waals surface area contributed by atoms with Crippen LogP contribution >= 0.6 is 0 Å². The van der Waals surface area contributed by atoms with Crippen molar-refractivity contribution < 1.29 is 27.8 Å². The molecule has 0 unspecified atom stereocenters. The summed E-state index contributed by atoms with van der Waals surface area (Å²) in [4.78, 5) is 0. The first kappa shape index (κ1) is 15.6. The third-order valence-corrected chi connectivity index (χ3v) is 2.31. The van der Waals surface area contributed by atoms with Crippen molar-refractivity contribution in [1.82, 2.24) is 5.32 Å². The van der Waals surface area contributed by atoms with E-state index < -0.39 is 12.8 Å². The number of aromatic hydroxyl groups is 1. The van der Waals surface area contributed by atoms with E-state index in [0.29, 0.717) is 17.9 Å². The van der Waals surface area contributed by atoms with Crippen LogP contribution in [0.3, 0.4) is 0 Å². The molecule has 0 saturated carbocycles. The summed E-state index contributed by atoms with van der Waals surface area (Å²) < 4.78 is 44.7. The third-order valence-electron chi connectivity index (χ3n) is 2.31. The van der Waals surface area contributed by atoms with E-state index in [1.165, 1.54) is 7.11 Å². The quantitative estimate of drug-likeness (QED) is 0.750. The van der Waals surface area contributed by atoms with Gasteiger partial charge in [-0.15, -0.1) is 0 Å². The van der Waals surface area contributed by atoms with Gasteiger partial charge in [0.1, 0.15) is 6.61 Å². The highest BCUT2D eigenvalue weighted by molar-refractivity contribution is 5.45. The van der Waals surface area contributed by atoms with E-state index in [1.54, 1.807) is 18.2 Å². The first-order valence-corrected chi connectivity index (χ1v) is 5.64. The van der Waals surface area contributed by atoms with Gasteiger partial charge in [-0.3, -0.25) is 0 Å². The van der Waals surface area contributed by atoms with Crippen molar-refractivity contribution >= 4 is 0 Å². The average molecular weight is 279 g/mol. The number of para-hydroxylation sites is 1. The molecule has 0 saturated heterocycles. The fraction of sp³-hybridized carbons (Fsp3) is 0.500. The van der Waals surface area contributed by atoms with Crippen LogP contribution in [-0.4, -0.2) is 38.2 Å². The van der Waals surface area contributed by atoms with Crippen molar-refractivity contribution in [2.24, 2.45) is 0 Å². The van der Waals surface area contributed by atoms with E-state index in [-0.39, 0.29) is 18.9 Å². The lowest BCUT2D eigenvalue weighted by Gasteiger charge is -2.10. The minimum atomic E-state index is -4.30. The summed E-state index contributed by atoms with van der Waals surface area (Å²) in [6, 6.07) is 5.03. The topological polar surface area (TPSA) is 50.7 Å². The zero-order chi connectivity index (χ0) is 14.3. The molecule has 0 fully saturated rings. The molecule has 0 aliphatic rings. The number of phenols is 1. The zero-order valence-electron chi connectivity index (χ0n) is 10.5. The lowest BCUT2D eigenvalue weighted by molar-refractivity contribution is -0.173. The van der Waals surface area contributed by atoms with E-state index in [2.05, 4.69) is 10.1 Å². The second-order valence-corrected chi connectivity index (χ2v) is 3.81. The predicted molar refractivity (Wildman–Crippen MR) is 63.2 cm³/mol. The van der Waals surface area contributed by atoms with Crippen LogP contribution in [0.2, 0.25) is 0 Å². The summed E-state index contributed by atoms with van der Waals surface area (Å²) in [6.45, 7) is -0.728. The standard InChI is InChI=1S/C12H16F3NO3/c1-18-10-4-2-3-9(11(10)17)7-16-5-6-19-8-12(13,14)15/h2-4,16-17H,5-8H2,1H3. The van der Waals surface area contributed by atoms with Crippen LogP contribution in [0, 0.1) is 0 Å². The lowest BCUT2D eigenvalue weighted by Crippen LogP contribution is -2.23. The van der Waals surface area contributed by atoms with Crippen molar-refractivity contribution in [3.63, 3.8) is 0 Å². The Morgan fingerprint density at radius 3 is 2.68 bits per heavy atom. The number of nitrogens with one attached hydrogen (secondary N) is 1. The van der Waals surface area contributed by atoms with Gasteiger partial charge in [0.05, 0.1) is 13.7 Å². The Bertz CT molecular complexity index is 396. The Kier molecular flexibility index (Phi) is 5.91. The maximum absolute atomic E-state index is 11.8. The molecule has 0 amide bonds. The minimum Gasteiger partial charge on any atom is -0.504 e. The summed E-state index contributed by atoms with van der Waals surface area (Å²) in [5, 5.41) is 12.6. The summed E-state index contributed by atoms with van der Waals surface area (Å²) in [5.74, 6) is 0.376. The molecule has 0 radical (unpaired) electrons. The number of phenolic OH excluding ortho intramolecular Hbond substituents is 1. The zero-order valence-corrected chi connectivity index (χ0v) is 10.5. The number of benzene rings is 1. The smallest absolute Gasteiger partial charge is 0.411 e. The van der Waals surface area contributed by atoms with Crippen LogP contribution in [0.25, 0.3) is 0 Å². The summed E-state index contributed by atoms with van der Waals surface area (Å²) in [5.41, 5.74) is 0.607. The molecule has 1 aromatic carbocycles. The molecule has 2 N–H and O–H groups in total. The number of ether oxygens (including phenoxy) is 2. The third kappa shape index (κ3) is 5.80. The van der Waals surface area contributed by atoms with Gasteiger partial charge < -0.3 is 19.9 Å². The number of rotatable bonds is 7. The molecule has 0 aliphatic carbocycles. The molecule has 0 heterocycles. The molecule has 7 heteroatoms. The van der Waals surface area contributed by atoms with Crippen molar-refractivity contribution in [2.45, 2.75) is 12.7 Å². The molecule has 19 heavy (non-hydrogen) atoms. The van der Waals surface area contributed by atoms with Crippen LogP contribution in [0.15, 0.2) is 18.2 Å². The van der Waals surface area contributed by atoms with Gasteiger partial charge in [0.2, 0.25) is 0 Å². The lowest BCUT2D eigenvalue weighted by atomic mass is 10.2. The molecule has 0 aromatic heterocycles. The first-order valence-electron chi connectivity index (χ1n) is 5.64. The normalized spacial score (nSPS) is 11.6. The first-order chi connectivity index (χ1) is 8.94. The van der Waals surface area contributed by atoms with Gasteiger partial charge in [0.15, 0.2) is 11.5 Å². The molecule has 0 aliphatic heterocycles. The van der Waals surface area contributed by atoms with Crippen molar-refractivity contribution in [1.29, 1.82) is 0 Å². The molecule has 0 spiro atoms. The van der Waals surface area contributed by atoms with Crippen LogP contribution in [-0.2, 0) is 11.3 Å². The molecule has 1 rings (SSSR count). The van der Waals surface area contributed by atoms with Crippen LogP contribution < -0.4 is 10.1 Å². The van der Waals surface area contributed by atoms with E-state index in [4.69, 9.17) is 4.74 Å². The summed E-state index contributed by atoms with van der Waals surface area (Å²) >= 11 is 0. The Morgan fingerprint density at radius 2 is 2.05 bits per heavy atom. The van der Waals surface area contributed by atoms with Gasteiger partial charge in [-0.1, -0.05) is 12.1 Å². The second kappa shape index (κ2) is 7.20. The number of hydrogen-bond acceptors (Lipinski definition) is 4. The molecule has 0 bridgehead atoms. The van der Waals surface area contributed by atoms with Crippen LogP contribution in [0.1, 0.15) is 5.56 Å². The van der Waals surface area contributed by atoms with Gasteiger partial charge in [-0.05, 0) is 6.07 Å². The number of alkyl halides is 3. The molecular formula is C12H16F3NO3. The van der Waals surface area contributed by atoms with Gasteiger partial charge in [-0.25, -0.2) is 0 Å². The molecular weight excluding hydrogens is 263 g/mol. The van der Waals surface area contributed by atoms with Gasteiger partial charge in [0.25, 0.3) is 0 Å². The summed E-state index contributed by atoms with van der Waals surface area (Å²) in [7, 11) is 1.44. The van der Waals surface area contributed by atoms with E-state index in [0.717, 1.165) is 0 Å². The molecule has 1 aromatic rings. The number of hydrogen-bond donors (Lipinski definition) is 2. The van der Waals surface area contributed by atoms with E-state index in [1.807, 2.05) is 0 Å². The Labute approximate surface area is 109 Å². The highest BCUT2D eigenvalue weighted by atomic mass is 19.4. The molecule has 4 nitrogen and oxygen atoms in total. The van der Waals surface area contributed by atoms with Gasteiger partial charge in [0, 0.05) is 18.7 Å². The van der Waals surface area contributed by atoms with E-state index >= 15 is 0 Å². The van der Waals surface area contributed by atoms with E-state index in [9.17, 15) is 18.3 Å². The fourth-order valence-electron chi connectivity index (χ4n) is 1.43. The molecule has 0 atom stereocenters. The molecule has 108 valence electrons. The minimum absolute atomic E-state index is 0.0220. The highest BCUT2D eigenvalue weighted by Crippen LogP contribution is 2.28. The number of methoxy groups -OCH3 is 1. The maximum atomic E-state index is 11.8. The Balaban J connectivity index is 2.26. The van der Waals surface area contributed by atoms with Crippen molar-refractivity contribution in [2.75, 3.05) is 26.9 Å². The van der Waals surface area contributed by atoms with Crippen molar-refractivity contribution in [3.05, 3.63) is 23.8 Å². The maximum Gasteiger partial charge on any atom is 0.411 e. The Hall–Kier alpha value is -1.47. The fourth-order valence-corrected chi connectivity index (χ4v) is 1.43. The van der Waals surface area contributed by atoms with Crippen molar-refractivity contribution in [3.8, 4) is 11.5 Å². The summed E-state index contributed by atoms with van der Waals surface area (Å²) in [6.07, 6.45) is -4.30. The second-order valence-electron chi connectivity index (χ2n) is 3.81. The largest absolute Gasteiger partial charge is 0.504 e. The van der Waals surface area contributed by atoms with Gasteiger partial charge in [-0.2, -0.15) is 13.2 Å². The monoisotopic (exact) mass is 279 g/mol. The van der Waals surface area contributed by atoms with Crippen LogP contribution in [0.4, 0.5) is 13.2 Å². The van der Waals surface area contributed by atoms with Crippen LogP contribution in [0.5, 0.6) is 11.5 Å².